The third-order valence-corrected chi connectivity index (χ3v) is 4.61. The van der Waals surface area contributed by atoms with Crippen molar-refractivity contribution in [2.24, 2.45) is 0 Å². The Labute approximate surface area is 176 Å². The van der Waals surface area contributed by atoms with Crippen LogP contribution in [0.3, 0.4) is 0 Å². The van der Waals surface area contributed by atoms with Crippen LogP contribution in [0, 0.1) is 13.8 Å². The van der Waals surface area contributed by atoms with Crippen molar-refractivity contribution in [2.75, 3.05) is 0 Å². The summed E-state index contributed by atoms with van der Waals surface area (Å²) >= 11 is 5.97. The molecule has 3 heterocycles. The first-order valence-corrected chi connectivity index (χ1v) is 9.38. The number of nitrogens with zero attached hydrogens (tertiary/aromatic N) is 2. The minimum atomic E-state index is -0.582. The summed E-state index contributed by atoms with van der Waals surface area (Å²) in [6.07, 6.45) is 1.53. The zero-order valence-corrected chi connectivity index (χ0v) is 16.9. The van der Waals surface area contributed by atoms with Crippen LogP contribution in [0.4, 0.5) is 0 Å². The van der Waals surface area contributed by atoms with Crippen molar-refractivity contribution in [3.63, 3.8) is 0 Å². The molecule has 0 radical (unpaired) electrons. The fourth-order valence-corrected chi connectivity index (χ4v) is 3.10. The standard InChI is InChI=1S/C21H17ClN4O4/c1-12-10-16(13(2)30-12)20(27)23-24-21(28)17-11-18(19-4-3-9-29-19)26(25-17)15-7-5-14(22)6-8-15/h3-11H,1-2H3,(H,23,27)(H,24,28). The highest BCUT2D eigenvalue weighted by molar-refractivity contribution is 6.30. The fraction of sp³-hybridized carbons (Fsp3) is 0.0952. The second kappa shape index (κ2) is 7.92. The largest absolute Gasteiger partial charge is 0.466 e. The molecule has 3 aromatic heterocycles. The predicted molar refractivity (Wildman–Crippen MR) is 109 cm³/mol. The van der Waals surface area contributed by atoms with Crippen LogP contribution in [0.25, 0.3) is 17.1 Å². The Morgan fingerprint density at radius 3 is 2.40 bits per heavy atom. The summed E-state index contributed by atoms with van der Waals surface area (Å²) in [6.45, 7) is 3.41. The van der Waals surface area contributed by atoms with Gasteiger partial charge in [0, 0.05) is 11.1 Å². The highest BCUT2D eigenvalue weighted by atomic mass is 35.5. The van der Waals surface area contributed by atoms with Crippen LogP contribution >= 0.6 is 11.6 Å². The van der Waals surface area contributed by atoms with Crippen LogP contribution in [0.1, 0.15) is 32.4 Å². The van der Waals surface area contributed by atoms with E-state index in [1.807, 2.05) is 0 Å². The van der Waals surface area contributed by atoms with E-state index in [1.165, 1.54) is 6.26 Å². The molecule has 1 aromatic carbocycles. The maximum atomic E-state index is 12.6. The summed E-state index contributed by atoms with van der Waals surface area (Å²) in [5.74, 6) is 0.535. The molecular weight excluding hydrogens is 408 g/mol. The molecule has 0 aliphatic heterocycles. The minimum Gasteiger partial charge on any atom is -0.466 e. The second-order valence-electron chi connectivity index (χ2n) is 6.52. The van der Waals surface area contributed by atoms with Gasteiger partial charge in [-0.15, -0.1) is 0 Å². The summed E-state index contributed by atoms with van der Waals surface area (Å²) in [7, 11) is 0. The molecule has 152 valence electrons. The van der Waals surface area contributed by atoms with Gasteiger partial charge in [0.2, 0.25) is 0 Å². The summed E-state index contributed by atoms with van der Waals surface area (Å²) in [6, 6.07) is 13.7. The summed E-state index contributed by atoms with van der Waals surface area (Å²) < 4.78 is 12.4. The molecule has 2 amide bonds. The molecule has 4 aromatic rings. The second-order valence-corrected chi connectivity index (χ2v) is 6.95. The normalized spacial score (nSPS) is 10.8. The van der Waals surface area contributed by atoms with Gasteiger partial charge in [-0.1, -0.05) is 11.6 Å². The molecule has 8 nitrogen and oxygen atoms in total. The zero-order valence-electron chi connectivity index (χ0n) is 16.1. The number of furan rings is 2. The van der Waals surface area contributed by atoms with Gasteiger partial charge in [-0.25, -0.2) is 4.68 Å². The van der Waals surface area contributed by atoms with E-state index in [0.717, 1.165) is 0 Å². The average molecular weight is 425 g/mol. The molecule has 0 fully saturated rings. The summed E-state index contributed by atoms with van der Waals surface area (Å²) in [5, 5.41) is 4.95. The third kappa shape index (κ3) is 3.85. The molecule has 0 atom stereocenters. The molecule has 0 spiro atoms. The number of carbonyl (C=O) groups is 2. The van der Waals surface area contributed by atoms with E-state index in [0.29, 0.717) is 39.2 Å². The van der Waals surface area contributed by atoms with E-state index >= 15 is 0 Å². The molecule has 0 saturated carbocycles. The van der Waals surface area contributed by atoms with Crippen molar-refractivity contribution in [2.45, 2.75) is 13.8 Å². The minimum absolute atomic E-state index is 0.0942. The van der Waals surface area contributed by atoms with Crippen LogP contribution in [0.15, 0.2) is 63.6 Å². The molecule has 0 bridgehead atoms. The number of hydrogen-bond donors (Lipinski definition) is 2. The number of amides is 2. The topological polar surface area (TPSA) is 102 Å². The van der Waals surface area contributed by atoms with E-state index in [1.54, 1.807) is 67.1 Å². The van der Waals surface area contributed by atoms with Crippen molar-refractivity contribution in [1.29, 1.82) is 0 Å². The van der Waals surface area contributed by atoms with E-state index in [2.05, 4.69) is 16.0 Å². The molecule has 0 aliphatic carbocycles. The van der Waals surface area contributed by atoms with Crippen LogP contribution in [-0.4, -0.2) is 21.6 Å². The van der Waals surface area contributed by atoms with Crippen molar-refractivity contribution in [1.82, 2.24) is 20.6 Å². The van der Waals surface area contributed by atoms with Gasteiger partial charge in [-0.3, -0.25) is 20.4 Å². The molecule has 0 saturated heterocycles. The van der Waals surface area contributed by atoms with E-state index in [4.69, 9.17) is 20.4 Å². The maximum Gasteiger partial charge on any atom is 0.290 e. The Morgan fingerprint density at radius 2 is 1.77 bits per heavy atom. The van der Waals surface area contributed by atoms with Crippen molar-refractivity contribution < 1.29 is 18.4 Å². The molecule has 0 unspecified atom stereocenters. The van der Waals surface area contributed by atoms with Crippen LogP contribution in [-0.2, 0) is 0 Å². The summed E-state index contributed by atoms with van der Waals surface area (Å²) in [4.78, 5) is 24.9. The van der Waals surface area contributed by atoms with Gasteiger partial charge in [0.1, 0.15) is 17.2 Å². The quantitative estimate of drug-likeness (QED) is 0.481. The van der Waals surface area contributed by atoms with Crippen LogP contribution in [0.2, 0.25) is 5.02 Å². The lowest BCUT2D eigenvalue weighted by molar-refractivity contribution is 0.0842. The van der Waals surface area contributed by atoms with Gasteiger partial charge in [-0.2, -0.15) is 5.10 Å². The Bertz CT molecular complexity index is 1210. The molecular formula is C21H17ClN4O4. The highest BCUT2D eigenvalue weighted by Gasteiger charge is 2.20. The lowest BCUT2D eigenvalue weighted by Gasteiger charge is -2.06. The third-order valence-electron chi connectivity index (χ3n) is 4.36. The van der Waals surface area contributed by atoms with Crippen molar-refractivity contribution in [3.05, 3.63) is 82.6 Å². The lowest BCUT2D eigenvalue weighted by atomic mass is 10.2. The van der Waals surface area contributed by atoms with Gasteiger partial charge in [0.25, 0.3) is 11.8 Å². The maximum absolute atomic E-state index is 12.6. The monoisotopic (exact) mass is 424 g/mol. The van der Waals surface area contributed by atoms with Crippen molar-refractivity contribution >= 4 is 23.4 Å². The highest BCUT2D eigenvalue weighted by Crippen LogP contribution is 2.25. The average Bonchev–Trinajstić information content (AvgIpc) is 3.45. The van der Waals surface area contributed by atoms with Crippen molar-refractivity contribution in [3.8, 4) is 17.1 Å². The predicted octanol–water partition coefficient (Wildman–Crippen LogP) is 4.07. The van der Waals surface area contributed by atoms with E-state index in [9.17, 15) is 9.59 Å². The smallest absolute Gasteiger partial charge is 0.290 e. The molecule has 2 N–H and O–H groups in total. The van der Waals surface area contributed by atoms with Gasteiger partial charge < -0.3 is 8.83 Å². The van der Waals surface area contributed by atoms with Gasteiger partial charge in [-0.05, 0) is 56.3 Å². The first-order valence-electron chi connectivity index (χ1n) is 9.00. The molecule has 4 rings (SSSR count). The first kappa shape index (κ1) is 19.5. The Morgan fingerprint density at radius 1 is 1.03 bits per heavy atom. The summed E-state index contributed by atoms with van der Waals surface area (Å²) in [5.41, 5.74) is 6.45. The number of hydrazine groups is 1. The van der Waals surface area contributed by atoms with Crippen LogP contribution < -0.4 is 10.9 Å². The number of halogens is 1. The Hall–Kier alpha value is -3.78. The van der Waals surface area contributed by atoms with Gasteiger partial charge >= 0.3 is 0 Å². The fourth-order valence-electron chi connectivity index (χ4n) is 2.97. The number of benzene rings is 1. The number of aryl methyl sites for hydroxylation is 2. The van der Waals surface area contributed by atoms with Gasteiger partial charge in [0.05, 0.1) is 17.5 Å². The van der Waals surface area contributed by atoms with E-state index in [-0.39, 0.29) is 5.69 Å². The molecule has 0 aliphatic rings. The lowest BCUT2D eigenvalue weighted by Crippen LogP contribution is -2.41. The Kier molecular flexibility index (Phi) is 5.16. The van der Waals surface area contributed by atoms with Crippen LogP contribution in [0.5, 0.6) is 0 Å². The first-order chi connectivity index (χ1) is 14.4. The van der Waals surface area contributed by atoms with E-state index < -0.39 is 11.8 Å². The zero-order chi connectivity index (χ0) is 21.3. The number of rotatable bonds is 4. The molecule has 30 heavy (non-hydrogen) atoms. The Balaban J connectivity index is 1.58. The van der Waals surface area contributed by atoms with Gasteiger partial charge in [0.15, 0.2) is 11.5 Å². The number of hydrogen-bond acceptors (Lipinski definition) is 5. The number of carbonyl (C=O) groups excluding carboxylic acids is 2. The SMILES string of the molecule is Cc1cc(C(=O)NNC(=O)c2cc(-c3ccco3)n(-c3ccc(Cl)cc3)n2)c(C)o1. The number of nitrogens with one attached hydrogen (secondary N) is 2. The molecule has 9 heteroatoms. The number of aromatic nitrogens is 2.